The third-order valence-electron chi connectivity index (χ3n) is 3.62. The molecule has 1 saturated heterocycles. The summed E-state index contributed by atoms with van der Waals surface area (Å²) in [5.41, 5.74) is 5.76. The van der Waals surface area contributed by atoms with Crippen molar-refractivity contribution in [2.75, 3.05) is 13.1 Å². The van der Waals surface area contributed by atoms with Crippen molar-refractivity contribution in [3.63, 3.8) is 0 Å². The van der Waals surface area contributed by atoms with Crippen LogP contribution in [0.1, 0.15) is 16.1 Å². The lowest BCUT2D eigenvalue weighted by Gasteiger charge is -2.39. The molecule has 0 unspecified atom stereocenters. The van der Waals surface area contributed by atoms with E-state index in [2.05, 4.69) is 4.98 Å². The number of hydrogen-bond donors (Lipinski definition) is 1. The van der Waals surface area contributed by atoms with Crippen molar-refractivity contribution in [3.05, 3.63) is 59.4 Å². The van der Waals surface area contributed by atoms with Crippen LogP contribution in [0, 0.1) is 11.6 Å². The van der Waals surface area contributed by atoms with Crippen molar-refractivity contribution in [3.8, 4) is 5.75 Å². The molecule has 1 aliphatic heterocycles. The van der Waals surface area contributed by atoms with Gasteiger partial charge < -0.3 is 10.5 Å². The molecule has 3 rings (SSSR count). The van der Waals surface area contributed by atoms with E-state index in [0.29, 0.717) is 30.9 Å². The van der Waals surface area contributed by atoms with Crippen LogP contribution in [-0.2, 0) is 6.54 Å². The lowest BCUT2D eigenvalue weighted by Crippen LogP contribution is -2.53. The van der Waals surface area contributed by atoms with E-state index in [1.807, 2.05) is 4.90 Å². The van der Waals surface area contributed by atoms with Crippen LogP contribution >= 0.6 is 0 Å². The molecule has 0 atom stereocenters. The average molecular weight is 319 g/mol. The van der Waals surface area contributed by atoms with Gasteiger partial charge in [0.1, 0.15) is 29.2 Å². The summed E-state index contributed by atoms with van der Waals surface area (Å²) in [6.07, 6.45) is 1.40. The fourth-order valence-electron chi connectivity index (χ4n) is 2.43. The van der Waals surface area contributed by atoms with E-state index >= 15 is 0 Å². The Balaban J connectivity index is 1.53. The summed E-state index contributed by atoms with van der Waals surface area (Å²) in [5, 5.41) is 0. The first-order chi connectivity index (χ1) is 11.0. The van der Waals surface area contributed by atoms with E-state index in [9.17, 15) is 13.6 Å². The number of nitrogens with zero attached hydrogens (tertiary/aromatic N) is 2. The molecule has 1 aromatic carbocycles. The Morgan fingerprint density at radius 3 is 2.78 bits per heavy atom. The molecular weight excluding hydrogens is 304 g/mol. The Morgan fingerprint density at radius 1 is 1.30 bits per heavy atom. The second-order valence-corrected chi connectivity index (χ2v) is 5.41. The lowest BCUT2D eigenvalue weighted by molar-refractivity contribution is 0.0138. The predicted molar refractivity (Wildman–Crippen MR) is 78.8 cm³/mol. The highest BCUT2D eigenvalue weighted by molar-refractivity contribution is 5.91. The van der Waals surface area contributed by atoms with E-state index in [0.717, 1.165) is 6.07 Å². The van der Waals surface area contributed by atoms with Crippen molar-refractivity contribution < 1.29 is 18.3 Å². The zero-order valence-electron chi connectivity index (χ0n) is 12.2. The van der Waals surface area contributed by atoms with Gasteiger partial charge in [0.05, 0.1) is 0 Å². The zero-order chi connectivity index (χ0) is 16.4. The topological polar surface area (TPSA) is 68.5 Å². The molecule has 2 aromatic rings. The predicted octanol–water partition coefficient (Wildman–Crippen LogP) is 1.72. The Labute approximate surface area is 131 Å². The smallest absolute Gasteiger partial charge is 0.267 e. The van der Waals surface area contributed by atoms with E-state index in [1.54, 1.807) is 6.07 Å². The number of aromatic nitrogens is 1. The molecule has 120 valence electrons. The fourth-order valence-corrected chi connectivity index (χ4v) is 2.43. The van der Waals surface area contributed by atoms with Gasteiger partial charge in [-0.3, -0.25) is 14.7 Å². The van der Waals surface area contributed by atoms with Crippen LogP contribution in [0.4, 0.5) is 8.78 Å². The SMILES string of the molecule is NC(=O)c1cc(OC2CN(Cc3ccc(F)cc3F)C2)ccn1. The fraction of sp³-hybridized carbons (Fsp3) is 0.250. The van der Waals surface area contributed by atoms with Crippen molar-refractivity contribution >= 4 is 5.91 Å². The molecule has 1 aliphatic rings. The van der Waals surface area contributed by atoms with Gasteiger partial charge in [-0.1, -0.05) is 6.07 Å². The maximum Gasteiger partial charge on any atom is 0.267 e. The molecule has 0 saturated carbocycles. The van der Waals surface area contributed by atoms with Gasteiger partial charge in [0.2, 0.25) is 0 Å². The summed E-state index contributed by atoms with van der Waals surface area (Å²) >= 11 is 0. The standard InChI is InChI=1S/C16H15F2N3O2/c17-11-2-1-10(14(18)5-11)7-21-8-13(9-21)23-12-3-4-20-15(6-12)16(19)22/h1-6,13H,7-9H2,(H2,19,22). The zero-order valence-corrected chi connectivity index (χ0v) is 12.2. The van der Waals surface area contributed by atoms with Crippen molar-refractivity contribution in [2.24, 2.45) is 5.73 Å². The van der Waals surface area contributed by atoms with E-state index in [-0.39, 0.29) is 11.8 Å². The first-order valence-electron chi connectivity index (χ1n) is 7.10. The summed E-state index contributed by atoms with van der Waals surface area (Å²) < 4.78 is 32.2. The number of primary amides is 1. The number of benzene rings is 1. The largest absolute Gasteiger partial charge is 0.488 e. The number of ether oxygens (including phenoxy) is 1. The van der Waals surface area contributed by atoms with Crippen molar-refractivity contribution in [1.29, 1.82) is 0 Å². The Bertz CT molecular complexity index is 733. The van der Waals surface area contributed by atoms with Gasteiger partial charge in [-0.05, 0) is 12.1 Å². The Hall–Kier alpha value is -2.54. The molecule has 0 aliphatic carbocycles. The highest BCUT2D eigenvalue weighted by Crippen LogP contribution is 2.21. The van der Waals surface area contributed by atoms with Gasteiger partial charge in [0.15, 0.2) is 0 Å². The molecule has 1 amide bonds. The van der Waals surface area contributed by atoms with E-state index in [4.69, 9.17) is 10.5 Å². The molecule has 1 aromatic heterocycles. The maximum absolute atomic E-state index is 13.6. The van der Waals surface area contributed by atoms with Gasteiger partial charge in [0.25, 0.3) is 5.91 Å². The average Bonchev–Trinajstić information content (AvgIpc) is 2.47. The molecule has 0 spiro atoms. The molecule has 7 heteroatoms. The number of likely N-dealkylation sites (tertiary alicyclic amines) is 1. The molecule has 1 fully saturated rings. The Kier molecular flexibility index (Phi) is 4.20. The van der Waals surface area contributed by atoms with Gasteiger partial charge in [-0.15, -0.1) is 0 Å². The van der Waals surface area contributed by atoms with Crippen LogP contribution in [0.2, 0.25) is 0 Å². The quantitative estimate of drug-likeness (QED) is 0.911. The number of hydrogen-bond acceptors (Lipinski definition) is 4. The number of carbonyl (C=O) groups excluding carboxylic acids is 1. The minimum absolute atomic E-state index is 0.0540. The molecule has 0 radical (unpaired) electrons. The summed E-state index contributed by atoms with van der Waals surface area (Å²) in [7, 11) is 0. The number of rotatable bonds is 5. The molecule has 0 bridgehead atoms. The highest BCUT2D eigenvalue weighted by Gasteiger charge is 2.29. The molecule has 23 heavy (non-hydrogen) atoms. The van der Waals surface area contributed by atoms with Gasteiger partial charge in [0, 0.05) is 43.5 Å². The lowest BCUT2D eigenvalue weighted by atomic mass is 10.1. The number of amides is 1. The number of halogens is 2. The van der Waals surface area contributed by atoms with Gasteiger partial charge >= 0.3 is 0 Å². The van der Waals surface area contributed by atoms with Gasteiger partial charge in [-0.2, -0.15) is 0 Å². The minimum atomic E-state index is -0.613. The molecule has 2 heterocycles. The van der Waals surface area contributed by atoms with Gasteiger partial charge in [-0.25, -0.2) is 8.78 Å². The van der Waals surface area contributed by atoms with E-state index in [1.165, 1.54) is 24.4 Å². The normalized spacial score (nSPS) is 15.2. The molecular formula is C16H15F2N3O2. The summed E-state index contributed by atoms with van der Waals surface area (Å²) in [4.78, 5) is 16.9. The monoisotopic (exact) mass is 319 g/mol. The summed E-state index contributed by atoms with van der Waals surface area (Å²) in [6, 6.07) is 6.71. The van der Waals surface area contributed by atoms with Crippen LogP contribution in [0.15, 0.2) is 36.5 Å². The first kappa shape index (κ1) is 15.4. The number of carbonyl (C=O) groups is 1. The van der Waals surface area contributed by atoms with Crippen molar-refractivity contribution in [2.45, 2.75) is 12.6 Å². The Morgan fingerprint density at radius 2 is 2.09 bits per heavy atom. The van der Waals surface area contributed by atoms with E-state index < -0.39 is 17.5 Å². The first-order valence-corrected chi connectivity index (χ1v) is 7.10. The molecule has 5 nitrogen and oxygen atoms in total. The van der Waals surface area contributed by atoms with Crippen LogP contribution in [-0.4, -0.2) is 35.0 Å². The second-order valence-electron chi connectivity index (χ2n) is 5.41. The van der Waals surface area contributed by atoms with Crippen LogP contribution in [0.3, 0.4) is 0 Å². The number of pyridine rings is 1. The minimum Gasteiger partial charge on any atom is -0.488 e. The molecule has 2 N–H and O–H groups in total. The third-order valence-corrected chi connectivity index (χ3v) is 3.62. The van der Waals surface area contributed by atoms with Crippen LogP contribution in [0.25, 0.3) is 0 Å². The third kappa shape index (κ3) is 3.62. The summed E-state index contributed by atoms with van der Waals surface area (Å²) in [6.45, 7) is 1.63. The second kappa shape index (κ2) is 6.29. The number of nitrogens with two attached hydrogens (primary N) is 1. The van der Waals surface area contributed by atoms with Crippen molar-refractivity contribution in [1.82, 2.24) is 9.88 Å². The van der Waals surface area contributed by atoms with Crippen LogP contribution < -0.4 is 10.5 Å². The summed E-state index contributed by atoms with van der Waals surface area (Å²) in [5.74, 6) is -1.22. The van der Waals surface area contributed by atoms with Crippen LogP contribution in [0.5, 0.6) is 5.75 Å². The maximum atomic E-state index is 13.6. The highest BCUT2D eigenvalue weighted by atomic mass is 19.1.